The maximum absolute atomic E-state index is 13.2. The van der Waals surface area contributed by atoms with Gasteiger partial charge in [0.2, 0.25) is 0 Å². The first kappa shape index (κ1) is 21.4. The van der Waals surface area contributed by atoms with Crippen LogP contribution in [0.2, 0.25) is 10.0 Å². The molecule has 0 aliphatic heterocycles. The number of aromatic nitrogens is 1. The predicted molar refractivity (Wildman–Crippen MR) is 106 cm³/mol. The molecule has 0 atom stereocenters. The van der Waals surface area contributed by atoms with Gasteiger partial charge in [-0.05, 0) is 35.9 Å². The van der Waals surface area contributed by atoms with E-state index >= 15 is 0 Å². The van der Waals surface area contributed by atoms with Gasteiger partial charge >= 0.3 is 6.18 Å². The molecule has 4 nitrogen and oxygen atoms in total. The van der Waals surface area contributed by atoms with Crippen LogP contribution < -0.4 is 4.31 Å². The maximum atomic E-state index is 13.2. The van der Waals surface area contributed by atoms with Gasteiger partial charge in [0, 0.05) is 11.2 Å². The minimum absolute atomic E-state index is 0.0493. The van der Waals surface area contributed by atoms with Crippen molar-refractivity contribution in [3.63, 3.8) is 0 Å². The van der Waals surface area contributed by atoms with Crippen LogP contribution in [0.1, 0.15) is 11.1 Å². The Labute approximate surface area is 175 Å². The van der Waals surface area contributed by atoms with E-state index in [4.69, 9.17) is 23.2 Å². The van der Waals surface area contributed by atoms with Crippen LogP contribution >= 0.6 is 23.2 Å². The van der Waals surface area contributed by atoms with Gasteiger partial charge in [0.1, 0.15) is 0 Å². The van der Waals surface area contributed by atoms with Gasteiger partial charge in [0.15, 0.2) is 5.82 Å². The molecule has 0 radical (unpaired) electrons. The summed E-state index contributed by atoms with van der Waals surface area (Å²) in [7, 11) is -4.16. The van der Waals surface area contributed by atoms with Crippen molar-refractivity contribution in [3.05, 3.63) is 88.0 Å². The largest absolute Gasteiger partial charge is 0.417 e. The molecule has 0 N–H and O–H groups in total. The van der Waals surface area contributed by atoms with Crippen molar-refractivity contribution in [2.75, 3.05) is 4.31 Å². The van der Waals surface area contributed by atoms with Crippen molar-refractivity contribution in [1.82, 2.24) is 4.98 Å². The number of pyridine rings is 1. The summed E-state index contributed by atoms with van der Waals surface area (Å²) in [6.45, 7) is -0.202. The van der Waals surface area contributed by atoms with Crippen molar-refractivity contribution >= 4 is 39.0 Å². The van der Waals surface area contributed by atoms with Crippen LogP contribution in [-0.4, -0.2) is 13.4 Å². The monoisotopic (exact) mass is 460 g/mol. The Balaban J connectivity index is 2.12. The molecule has 152 valence electrons. The fourth-order valence-electron chi connectivity index (χ4n) is 2.52. The second-order valence-electron chi connectivity index (χ2n) is 5.98. The molecule has 10 heteroatoms. The third-order valence-corrected chi connectivity index (χ3v) is 6.24. The van der Waals surface area contributed by atoms with E-state index in [-0.39, 0.29) is 17.3 Å². The Morgan fingerprint density at radius 2 is 1.59 bits per heavy atom. The molecule has 2 aromatic carbocycles. The van der Waals surface area contributed by atoms with Gasteiger partial charge in [0.05, 0.1) is 22.0 Å². The first-order valence-corrected chi connectivity index (χ1v) is 10.3. The second kappa shape index (κ2) is 8.22. The number of anilines is 1. The molecule has 1 heterocycles. The molecule has 0 aliphatic carbocycles. The molecule has 0 fully saturated rings. The molecule has 0 bridgehead atoms. The van der Waals surface area contributed by atoms with E-state index in [2.05, 4.69) is 4.98 Å². The van der Waals surface area contributed by atoms with Crippen LogP contribution in [0.4, 0.5) is 19.0 Å². The Kier molecular flexibility index (Phi) is 6.07. The fourth-order valence-corrected chi connectivity index (χ4v) is 4.41. The van der Waals surface area contributed by atoms with Crippen LogP contribution in [-0.2, 0) is 22.7 Å². The Hall–Kier alpha value is -2.29. The summed E-state index contributed by atoms with van der Waals surface area (Å²) in [5.74, 6) is -0.307. The summed E-state index contributed by atoms with van der Waals surface area (Å²) >= 11 is 11.9. The van der Waals surface area contributed by atoms with E-state index < -0.39 is 26.8 Å². The smallest absolute Gasteiger partial charge is 0.244 e. The Bertz CT molecular complexity index is 1110. The van der Waals surface area contributed by atoms with Crippen LogP contribution in [0.5, 0.6) is 0 Å². The number of sulfonamides is 1. The highest BCUT2D eigenvalue weighted by molar-refractivity contribution is 7.92. The molecular formula is C19H13Cl2F3N2O2S. The van der Waals surface area contributed by atoms with E-state index in [9.17, 15) is 21.6 Å². The van der Waals surface area contributed by atoms with Gasteiger partial charge in [-0.15, -0.1) is 0 Å². The average Bonchev–Trinajstić information content (AvgIpc) is 2.68. The molecule has 3 aromatic rings. The summed E-state index contributed by atoms with van der Waals surface area (Å²) in [5, 5.41) is 0.0187. The third kappa shape index (κ3) is 4.83. The quantitative estimate of drug-likeness (QED) is 0.483. The highest BCUT2D eigenvalue weighted by Gasteiger charge is 2.34. The van der Waals surface area contributed by atoms with Crippen molar-refractivity contribution in [2.45, 2.75) is 17.6 Å². The average molecular weight is 461 g/mol. The number of halogens is 5. The van der Waals surface area contributed by atoms with Crippen molar-refractivity contribution in [3.8, 4) is 0 Å². The number of hydrogen-bond acceptors (Lipinski definition) is 3. The topological polar surface area (TPSA) is 50.3 Å². The molecule has 1 aromatic heterocycles. The van der Waals surface area contributed by atoms with Crippen LogP contribution in [0.25, 0.3) is 0 Å². The summed E-state index contributed by atoms with van der Waals surface area (Å²) < 4.78 is 66.1. The molecule has 0 saturated heterocycles. The Morgan fingerprint density at radius 1 is 0.966 bits per heavy atom. The lowest BCUT2D eigenvalue weighted by molar-refractivity contribution is -0.137. The van der Waals surface area contributed by atoms with Gasteiger partial charge in [-0.25, -0.2) is 17.7 Å². The first-order chi connectivity index (χ1) is 13.6. The highest BCUT2D eigenvalue weighted by Crippen LogP contribution is 2.35. The lowest BCUT2D eigenvalue weighted by Gasteiger charge is -2.25. The molecule has 0 amide bonds. The number of alkyl halides is 3. The van der Waals surface area contributed by atoms with Gasteiger partial charge in [-0.2, -0.15) is 13.2 Å². The zero-order valence-corrected chi connectivity index (χ0v) is 16.9. The summed E-state index contributed by atoms with van der Waals surface area (Å²) in [4.78, 5) is 3.67. The van der Waals surface area contributed by atoms with Crippen molar-refractivity contribution in [2.24, 2.45) is 0 Å². The zero-order valence-electron chi connectivity index (χ0n) is 14.6. The molecule has 29 heavy (non-hydrogen) atoms. The Morgan fingerprint density at radius 3 is 2.14 bits per heavy atom. The lowest BCUT2D eigenvalue weighted by atomic mass is 10.2. The van der Waals surface area contributed by atoms with Crippen LogP contribution in [0, 0.1) is 0 Å². The standard InChI is InChI=1S/C19H13Cl2F3N2O2S/c20-15-8-6-13(7-9-15)12-26(29(27,28)16-4-2-1-3-5-16)18-17(21)10-14(11-25-18)19(22,23)24/h1-11H,12H2. The molecule has 0 unspecified atom stereocenters. The van der Waals surface area contributed by atoms with E-state index in [1.807, 2.05) is 0 Å². The van der Waals surface area contributed by atoms with E-state index in [0.29, 0.717) is 22.8 Å². The van der Waals surface area contributed by atoms with E-state index in [0.717, 1.165) is 4.31 Å². The first-order valence-electron chi connectivity index (χ1n) is 8.14. The summed E-state index contributed by atoms with van der Waals surface area (Å²) in [6.07, 6.45) is -4.11. The molecule has 0 aliphatic rings. The number of benzene rings is 2. The fraction of sp³-hybridized carbons (Fsp3) is 0.105. The SMILES string of the molecule is O=S(=O)(c1ccccc1)N(Cc1ccc(Cl)cc1)c1ncc(C(F)(F)F)cc1Cl. The summed E-state index contributed by atoms with van der Waals surface area (Å²) in [6, 6.07) is 14.5. The third-order valence-electron chi connectivity index (χ3n) is 3.96. The molecular weight excluding hydrogens is 448 g/mol. The molecule has 0 saturated carbocycles. The minimum atomic E-state index is -4.66. The number of hydrogen-bond donors (Lipinski definition) is 0. The van der Waals surface area contributed by atoms with Gasteiger partial charge in [-0.1, -0.05) is 53.5 Å². The number of nitrogens with zero attached hydrogens (tertiary/aromatic N) is 2. The van der Waals surface area contributed by atoms with E-state index in [1.54, 1.807) is 30.3 Å². The van der Waals surface area contributed by atoms with Crippen LogP contribution in [0.15, 0.2) is 71.8 Å². The van der Waals surface area contributed by atoms with Crippen molar-refractivity contribution < 1.29 is 21.6 Å². The maximum Gasteiger partial charge on any atom is 0.417 e. The normalized spacial score (nSPS) is 12.0. The highest BCUT2D eigenvalue weighted by atomic mass is 35.5. The second-order valence-corrected chi connectivity index (χ2v) is 8.68. The molecule has 3 rings (SSSR count). The zero-order chi connectivity index (χ0) is 21.2. The van der Waals surface area contributed by atoms with Gasteiger partial charge in [0.25, 0.3) is 10.0 Å². The van der Waals surface area contributed by atoms with E-state index in [1.165, 1.54) is 24.3 Å². The van der Waals surface area contributed by atoms with Crippen molar-refractivity contribution in [1.29, 1.82) is 0 Å². The van der Waals surface area contributed by atoms with Gasteiger partial charge in [-0.3, -0.25) is 0 Å². The van der Waals surface area contributed by atoms with Crippen LogP contribution in [0.3, 0.4) is 0 Å². The van der Waals surface area contributed by atoms with Gasteiger partial charge < -0.3 is 0 Å². The number of rotatable bonds is 5. The lowest BCUT2D eigenvalue weighted by Crippen LogP contribution is -2.31. The summed E-state index contributed by atoms with van der Waals surface area (Å²) in [5.41, 5.74) is -0.526. The minimum Gasteiger partial charge on any atom is -0.244 e. The predicted octanol–water partition coefficient (Wildman–Crippen LogP) is 5.80. The molecule has 0 spiro atoms.